The average Bonchev–Trinajstić information content (AvgIpc) is 3.26. The van der Waals surface area contributed by atoms with Gasteiger partial charge < -0.3 is 14.4 Å². The molecule has 1 fully saturated rings. The van der Waals surface area contributed by atoms with E-state index in [-0.39, 0.29) is 6.42 Å². The number of aliphatic carboxylic acids is 1. The highest BCUT2D eigenvalue weighted by Gasteiger charge is 2.23. The molecule has 0 bridgehead atoms. The highest BCUT2D eigenvalue weighted by atomic mass is 32.2. The maximum atomic E-state index is 10.8. The van der Waals surface area contributed by atoms with E-state index in [1.54, 1.807) is 11.8 Å². The Kier molecular flexibility index (Phi) is 8.63. The number of rotatable bonds is 11. The quantitative estimate of drug-likeness (QED) is 0.244. The summed E-state index contributed by atoms with van der Waals surface area (Å²) in [4.78, 5) is 10.8. The van der Waals surface area contributed by atoms with Crippen LogP contribution in [-0.4, -0.2) is 31.6 Å². The van der Waals surface area contributed by atoms with Crippen LogP contribution in [0.15, 0.2) is 53.7 Å². The third-order valence-corrected chi connectivity index (χ3v) is 7.45. The largest absolute Gasteiger partial charge is 0.485 e. The second-order valence-electron chi connectivity index (χ2n) is 8.84. The molecule has 1 aliphatic rings. The normalized spacial score (nSPS) is 14.3. The van der Waals surface area contributed by atoms with Crippen LogP contribution in [0.25, 0.3) is 11.1 Å². The average molecular weight is 480 g/mol. The molecule has 2 aromatic carbocycles. The van der Waals surface area contributed by atoms with E-state index < -0.39 is 5.97 Å². The molecule has 1 heterocycles. The Morgan fingerprint density at radius 2 is 1.85 bits per heavy atom. The van der Waals surface area contributed by atoms with E-state index in [9.17, 15) is 4.79 Å². The number of carbonyl (C=O) groups is 1. The highest BCUT2D eigenvalue weighted by Crippen LogP contribution is 2.34. The molecular formula is C27H33N3O3S. The molecule has 34 heavy (non-hydrogen) atoms. The molecule has 180 valence electrons. The molecule has 0 unspecified atom stereocenters. The van der Waals surface area contributed by atoms with E-state index in [1.165, 1.54) is 30.4 Å². The molecule has 4 rings (SSSR count). The van der Waals surface area contributed by atoms with E-state index in [4.69, 9.17) is 9.84 Å². The number of thioether (sulfide) groups is 1. The number of hydrogen-bond acceptors (Lipinski definition) is 5. The minimum atomic E-state index is -0.735. The minimum absolute atomic E-state index is 0.219. The highest BCUT2D eigenvalue weighted by molar-refractivity contribution is 7.99. The molecule has 0 spiro atoms. The molecule has 0 amide bonds. The molecule has 3 aromatic rings. The first kappa shape index (κ1) is 24.3. The fourth-order valence-electron chi connectivity index (χ4n) is 4.60. The van der Waals surface area contributed by atoms with Crippen molar-refractivity contribution in [1.82, 2.24) is 14.8 Å². The van der Waals surface area contributed by atoms with Gasteiger partial charge >= 0.3 is 5.97 Å². The van der Waals surface area contributed by atoms with Crippen molar-refractivity contribution in [3.8, 4) is 16.9 Å². The van der Waals surface area contributed by atoms with Crippen molar-refractivity contribution >= 4 is 17.7 Å². The Hall–Kier alpha value is -2.80. The summed E-state index contributed by atoms with van der Waals surface area (Å²) in [5.41, 5.74) is 3.47. The number of unbranched alkanes of at least 4 members (excludes halogenated alkanes) is 1. The van der Waals surface area contributed by atoms with Crippen LogP contribution in [0.5, 0.6) is 5.75 Å². The number of carboxylic acids is 1. The van der Waals surface area contributed by atoms with Gasteiger partial charge in [0.05, 0.1) is 0 Å². The van der Waals surface area contributed by atoms with Crippen LogP contribution in [0.1, 0.15) is 68.8 Å². The Morgan fingerprint density at radius 3 is 2.62 bits per heavy atom. The number of benzene rings is 2. The van der Waals surface area contributed by atoms with E-state index >= 15 is 0 Å². The van der Waals surface area contributed by atoms with Gasteiger partial charge in [-0.2, -0.15) is 0 Å². The van der Waals surface area contributed by atoms with Crippen molar-refractivity contribution in [3.05, 3.63) is 59.9 Å². The second-order valence-corrected chi connectivity index (χ2v) is 9.91. The summed E-state index contributed by atoms with van der Waals surface area (Å²) < 4.78 is 8.59. The molecular weight excluding hydrogens is 446 g/mol. The molecule has 6 nitrogen and oxygen atoms in total. The Bertz CT molecular complexity index is 1080. The maximum absolute atomic E-state index is 10.8. The van der Waals surface area contributed by atoms with Crippen molar-refractivity contribution in [2.45, 2.75) is 76.1 Å². The van der Waals surface area contributed by atoms with Crippen LogP contribution in [0, 0.1) is 6.92 Å². The topological polar surface area (TPSA) is 77.2 Å². The van der Waals surface area contributed by atoms with Crippen molar-refractivity contribution < 1.29 is 14.6 Å². The van der Waals surface area contributed by atoms with Crippen LogP contribution in [0.3, 0.4) is 0 Å². The number of ether oxygens (including phenoxy) is 1. The van der Waals surface area contributed by atoms with E-state index in [0.717, 1.165) is 47.3 Å². The molecule has 7 heteroatoms. The molecule has 0 aliphatic heterocycles. The zero-order chi connectivity index (χ0) is 23.8. The van der Waals surface area contributed by atoms with Crippen molar-refractivity contribution in [3.63, 3.8) is 0 Å². The van der Waals surface area contributed by atoms with Gasteiger partial charge in [-0.3, -0.25) is 4.79 Å². The zero-order valence-electron chi connectivity index (χ0n) is 19.8. The molecule has 0 saturated heterocycles. The van der Waals surface area contributed by atoms with Crippen LogP contribution in [-0.2, 0) is 11.4 Å². The van der Waals surface area contributed by atoms with Crippen molar-refractivity contribution in [2.75, 3.05) is 5.75 Å². The first-order chi connectivity index (χ1) is 16.6. The molecule has 0 radical (unpaired) electrons. The van der Waals surface area contributed by atoms with E-state index in [2.05, 4.69) is 52.0 Å². The summed E-state index contributed by atoms with van der Waals surface area (Å²) in [6.07, 6.45) is 7.77. The van der Waals surface area contributed by atoms with Gasteiger partial charge in [0.25, 0.3) is 0 Å². The third-order valence-electron chi connectivity index (χ3n) is 6.42. The van der Waals surface area contributed by atoms with Gasteiger partial charge in [0, 0.05) is 18.2 Å². The maximum Gasteiger partial charge on any atom is 0.303 e. The summed E-state index contributed by atoms with van der Waals surface area (Å²) in [6.45, 7) is 2.48. The fourth-order valence-corrected chi connectivity index (χ4v) is 5.62. The second kappa shape index (κ2) is 12.1. The van der Waals surface area contributed by atoms with Crippen LogP contribution >= 0.6 is 11.8 Å². The molecule has 1 N–H and O–H groups in total. The summed E-state index contributed by atoms with van der Waals surface area (Å²) in [6, 6.07) is 16.9. The zero-order valence-corrected chi connectivity index (χ0v) is 20.6. The lowest BCUT2D eigenvalue weighted by atomic mass is 9.95. The van der Waals surface area contributed by atoms with E-state index in [1.807, 2.05) is 18.2 Å². The lowest BCUT2D eigenvalue weighted by molar-refractivity contribution is -0.137. The van der Waals surface area contributed by atoms with Gasteiger partial charge in [0.15, 0.2) is 11.0 Å². The Labute approximate surface area is 205 Å². The van der Waals surface area contributed by atoms with Gasteiger partial charge in [-0.1, -0.05) is 73.5 Å². The Balaban J connectivity index is 1.48. The summed E-state index contributed by atoms with van der Waals surface area (Å²) in [5, 5.41) is 18.8. The smallest absolute Gasteiger partial charge is 0.303 e. The predicted octanol–water partition coefficient (Wildman–Crippen LogP) is 6.68. The first-order valence-electron chi connectivity index (χ1n) is 12.2. The molecule has 1 aromatic heterocycles. The summed E-state index contributed by atoms with van der Waals surface area (Å²) in [7, 11) is 0. The van der Waals surface area contributed by atoms with E-state index in [0.29, 0.717) is 19.1 Å². The lowest BCUT2D eigenvalue weighted by Gasteiger charge is -2.25. The Morgan fingerprint density at radius 1 is 1.06 bits per heavy atom. The van der Waals surface area contributed by atoms with Gasteiger partial charge in [0.1, 0.15) is 12.4 Å². The number of hydrogen-bond donors (Lipinski definition) is 1. The standard InChI is InChI=1S/C27H33N3O3S/c1-20-23(21-11-4-2-5-12-21)15-10-16-24(20)33-19-25-28-29-27(34-18-9-8-17-26(31)32)30(25)22-13-6-3-7-14-22/h2,4-5,10-12,15-16,22H,3,6-9,13-14,17-19H2,1H3,(H,31,32). The summed E-state index contributed by atoms with van der Waals surface area (Å²) in [5.74, 6) is 1.84. The predicted molar refractivity (Wildman–Crippen MR) is 135 cm³/mol. The van der Waals surface area contributed by atoms with Gasteiger partial charge in [-0.15, -0.1) is 10.2 Å². The van der Waals surface area contributed by atoms with Gasteiger partial charge in [-0.25, -0.2) is 0 Å². The van der Waals surface area contributed by atoms with Crippen LogP contribution < -0.4 is 4.74 Å². The monoisotopic (exact) mass is 479 g/mol. The lowest BCUT2D eigenvalue weighted by Crippen LogP contribution is -2.18. The molecule has 1 saturated carbocycles. The van der Waals surface area contributed by atoms with Gasteiger partial charge in [0.2, 0.25) is 0 Å². The first-order valence-corrected chi connectivity index (χ1v) is 13.2. The van der Waals surface area contributed by atoms with Crippen LogP contribution in [0.4, 0.5) is 0 Å². The fraction of sp³-hybridized carbons (Fsp3) is 0.444. The minimum Gasteiger partial charge on any atom is -0.485 e. The third kappa shape index (κ3) is 6.20. The number of nitrogens with zero attached hydrogens (tertiary/aromatic N) is 3. The summed E-state index contributed by atoms with van der Waals surface area (Å²) >= 11 is 1.68. The van der Waals surface area contributed by atoms with Crippen molar-refractivity contribution in [2.24, 2.45) is 0 Å². The van der Waals surface area contributed by atoms with Crippen molar-refractivity contribution in [1.29, 1.82) is 0 Å². The molecule has 0 atom stereocenters. The number of carboxylic acid groups (broad SMARTS) is 1. The van der Waals surface area contributed by atoms with Crippen LogP contribution in [0.2, 0.25) is 0 Å². The molecule has 1 aliphatic carbocycles. The number of aromatic nitrogens is 3. The van der Waals surface area contributed by atoms with Gasteiger partial charge in [-0.05, 0) is 55.4 Å². The SMILES string of the molecule is Cc1c(OCc2nnc(SCCCCC(=O)O)n2C2CCCCC2)cccc1-c1ccccc1.